The van der Waals surface area contributed by atoms with Gasteiger partial charge in [0.05, 0.1) is 10.6 Å². The molecule has 0 unspecified atom stereocenters. The standard InChI is InChI=1S/C22H19ClF2N2O3S/c1-14-6-9-17(10-7-14)31(29,30)27(20-11-8-16(23)12-15(20)2)13-21(28)26-22-18(24)4-3-5-19(22)25/h3-12H,13H2,1-2H3,(H,26,28). The van der Waals surface area contributed by atoms with Gasteiger partial charge in [-0.2, -0.15) is 0 Å². The summed E-state index contributed by atoms with van der Waals surface area (Å²) in [5, 5.41) is 2.52. The lowest BCUT2D eigenvalue weighted by molar-refractivity contribution is -0.114. The first-order chi connectivity index (χ1) is 14.6. The second-order valence-electron chi connectivity index (χ2n) is 6.90. The molecule has 3 aromatic rings. The van der Waals surface area contributed by atoms with Gasteiger partial charge >= 0.3 is 0 Å². The lowest BCUT2D eigenvalue weighted by Gasteiger charge is -2.26. The Labute approximate surface area is 184 Å². The predicted octanol–water partition coefficient (Wildman–Crippen LogP) is 5.07. The average Bonchev–Trinajstić information content (AvgIpc) is 2.70. The number of nitrogens with zero attached hydrogens (tertiary/aromatic N) is 1. The van der Waals surface area contributed by atoms with Crippen LogP contribution >= 0.6 is 11.6 Å². The van der Waals surface area contributed by atoms with Crippen LogP contribution in [-0.2, 0) is 14.8 Å². The molecule has 0 atom stereocenters. The van der Waals surface area contributed by atoms with E-state index in [0.29, 0.717) is 10.6 Å². The lowest BCUT2D eigenvalue weighted by Crippen LogP contribution is -2.38. The Kier molecular flexibility index (Phi) is 6.62. The van der Waals surface area contributed by atoms with Crippen molar-refractivity contribution in [3.05, 3.63) is 88.4 Å². The van der Waals surface area contributed by atoms with Crippen LogP contribution in [0.4, 0.5) is 20.2 Å². The van der Waals surface area contributed by atoms with E-state index in [4.69, 9.17) is 11.6 Å². The van der Waals surface area contributed by atoms with E-state index in [1.165, 1.54) is 24.3 Å². The zero-order valence-corrected chi connectivity index (χ0v) is 18.3. The molecule has 162 valence electrons. The number of amides is 1. The van der Waals surface area contributed by atoms with E-state index < -0.39 is 39.8 Å². The Hall–Kier alpha value is -2.97. The molecule has 0 fully saturated rings. The minimum atomic E-state index is -4.17. The minimum Gasteiger partial charge on any atom is -0.320 e. The molecule has 0 radical (unpaired) electrons. The molecule has 0 aliphatic carbocycles. The van der Waals surface area contributed by atoms with Crippen molar-refractivity contribution in [2.75, 3.05) is 16.2 Å². The fraction of sp³-hybridized carbons (Fsp3) is 0.136. The second kappa shape index (κ2) is 9.03. The van der Waals surface area contributed by atoms with E-state index in [-0.39, 0.29) is 10.6 Å². The molecule has 5 nitrogen and oxygen atoms in total. The highest BCUT2D eigenvalue weighted by Gasteiger charge is 2.29. The monoisotopic (exact) mass is 464 g/mol. The lowest BCUT2D eigenvalue weighted by atomic mass is 10.2. The highest BCUT2D eigenvalue weighted by Crippen LogP contribution is 2.29. The summed E-state index contributed by atoms with van der Waals surface area (Å²) in [7, 11) is -4.17. The van der Waals surface area contributed by atoms with Crippen LogP contribution < -0.4 is 9.62 Å². The number of carbonyl (C=O) groups excluding carboxylic acids is 1. The molecule has 9 heteroatoms. The van der Waals surface area contributed by atoms with E-state index in [2.05, 4.69) is 5.32 Å². The van der Waals surface area contributed by atoms with Crippen molar-refractivity contribution >= 4 is 38.9 Å². The molecule has 0 saturated carbocycles. The quantitative estimate of drug-likeness (QED) is 0.554. The smallest absolute Gasteiger partial charge is 0.264 e. The normalized spacial score (nSPS) is 11.3. The molecule has 3 rings (SSSR count). The van der Waals surface area contributed by atoms with Crippen LogP contribution in [0.5, 0.6) is 0 Å². The second-order valence-corrected chi connectivity index (χ2v) is 9.20. The molecule has 0 aliphatic heterocycles. The first-order valence-corrected chi connectivity index (χ1v) is 11.0. The summed E-state index contributed by atoms with van der Waals surface area (Å²) in [4.78, 5) is 12.6. The number of nitrogens with one attached hydrogen (secondary N) is 1. The summed E-state index contributed by atoms with van der Waals surface area (Å²) >= 11 is 5.99. The largest absolute Gasteiger partial charge is 0.320 e. The van der Waals surface area contributed by atoms with E-state index in [1.54, 1.807) is 25.1 Å². The number of para-hydroxylation sites is 1. The summed E-state index contributed by atoms with van der Waals surface area (Å²) in [6.07, 6.45) is 0. The Morgan fingerprint density at radius 3 is 2.19 bits per heavy atom. The summed E-state index contributed by atoms with van der Waals surface area (Å²) < 4.78 is 55.5. The molecule has 0 saturated heterocycles. The van der Waals surface area contributed by atoms with Crippen LogP contribution in [-0.4, -0.2) is 20.9 Å². The van der Waals surface area contributed by atoms with Gasteiger partial charge in [-0.05, 0) is 61.9 Å². The van der Waals surface area contributed by atoms with Crippen LogP contribution in [0, 0.1) is 25.5 Å². The molecule has 0 heterocycles. The molecule has 0 aliphatic rings. The van der Waals surface area contributed by atoms with Crippen molar-refractivity contribution in [1.82, 2.24) is 0 Å². The number of anilines is 2. The molecule has 31 heavy (non-hydrogen) atoms. The molecule has 0 spiro atoms. The number of carbonyl (C=O) groups is 1. The molecular weight excluding hydrogens is 446 g/mol. The van der Waals surface area contributed by atoms with Crippen LogP contribution in [0.2, 0.25) is 5.02 Å². The fourth-order valence-corrected chi connectivity index (χ4v) is 4.67. The third-order valence-electron chi connectivity index (χ3n) is 4.55. The highest BCUT2D eigenvalue weighted by molar-refractivity contribution is 7.92. The van der Waals surface area contributed by atoms with Gasteiger partial charge in [-0.25, -0.2) is 17.2 Å². The number of halogens is 3. The van der Waals surface area contributed by atoms with Crippen molar-refractivity contribution in [2.45, 2.75) is 18.7 Å². The first kappa shape index (κ1) is 22.7. The summed E-state index contributed by atoms with van der Waals surface area (Å²) in [6.45, 7) is 2.76. The number of hydrogen-bond donors (Lipinski definition) is 1. The number of hydrogen-bond acceptors (Lipinski definition) is 3. The maximum atomic E-state index is 13.9. The van der Waals surface area contributed by atoms with Crippen molar-refractivity contribution in [1.29, 1.82) is 0 Å². The van der Waals surface area contributed by atoms with Crippen LogP contribution in [0.25, 0.3) is 0 Å². The number of sulfonamides is 1. The first-order valence-electron chi connectivity index (χ1n) is 9.19. The number of rotatable bonds is 6. The molecule has 1 amide bonds. The van der Waals surface area contributed by atoms with Gasteiger partial charge in [0.15, 0.2) is 0 Å². The third-order valence-corrected chi connectivity index (χ3v) is 6.56. The summed E-state index contributed by atoms with van der Waals surface area (Å²) in [5.74, 6) is -2.85. The Balaban J connectivity index is 2.02. The van der Waals surface area contributed by atoms with E-state index >= 15 is 0 Å². The topological polar surface area (TPSA) is 66.5 Å². The van der Waals surface area contributed by atoms with Crippen molar-refractivity contribution in [3.8, 4) is 0 Å². The van der Waals surface area contributed by atoms with Gasteiger partial charge in [0.25, 0.3) is 10.0 Å². The van der Waals surface area contributed by atoms with Crippen LogP contribution in [0.1, 0.15) is 11.1 Å². The third kappa shape index (κ3) is 5.03. The highest BCUT2D eigenvalue weighted by atomic mass is 35.5. The predicted molar refractivity (Wildman–Crippen MR) is 117 cm³/mol. The van der Waals surface area contributed by atoms with Gasteiger partial charge in [-0.3, -0.25) is 9.10 Å². The summed E-state index contributed by atoms with van der Waals surface area (Å²) in [6, 6.07) is 13.8. The molecule has 3 aromatic carbocycles. The zero-order valence-electron chi connectivity index (χ0n) is 16.7. The number of aryl methyl sites for hydroxylation is 2. The van der Waals surface area contributed by atoms with Gasteiger partial charge < -0.3 is 5.32 Å². The van der Waals surface area contributed by atoms with E-state index in [9.17, 15) is 22.0 Å². The van der Waals surface area contributed by atoms with Gasteiger partial charge in [-0.1, -0.05) is 35.4 Å². The van der Waals surface area contributed by atoms with Gasteiger partial charge in [0.2, 0.25) is 5.91 Å². The van der Waals surface area contributed by atoms with Gasteiger partial charge in [0.1, 0.15) is 23.9 Å². The summed E-state index contributed by atoms with van der Waals surface area (Å²) in [5.41, 5.74) is 0.941. The van der Waals surface area contributed by atoms with Crippen LogP contribution in [0.15, 0.2) is 65.6 Å². The van der Waals surface area contributed by atoms with E-state index in [0.717, 1.165) is 28.1 Å². The van der Waals surface area contributed by atoms with Crippen molar-refractivity contribution < 1.29 is 22.0 Å². The number of benzene rings is 3. The maximum Gasteiger partial charge on any atom is 0.264 e. The maximum absolute atomic E-state index is 13.9. The van der Waals surface area contributed by atoms with Crippen molar-refractivity contribution in [3.63, 3.8) is 0 Å². The fourth-order valence-electron chi connectivity index (χ4n) is 2.96. The van der Waals surface area contributed by atoms with E-state index in [1.807, 2.05) is 6.92 Å². The van der Waals surface area contributed by atoms with Gasteiger partial charge in [-0.15, -0.1) is 0 Å². The van der Waals surface area contributed by atoms with Crippen LogP contribution in [0.3, 0.4) is 0 Å². The van der Waals surface area contributed by atoms with Gasteiger partial charge in [0, 0.05) is 5.02 Å². The zero-order chi connectivity index (χ0) is 22.8. The Morgan fingerprint density at radius 2 is 1.61 bits per heavy atom. The molecule has 0 aromatic heterocycles. The Morgan fingerprint density at radius 1 is 1.00 bits per heavy atom. The van der Waals surface area contributed by atoms with Crippen molar-refractivity contribution in [2.24, 2.45) is 0 Å². The minimum absolute atomic E-state index is 0.0303. The average molecular weight is 465 g/mol. The molecular formula is C22H19ClF2N2O3S. The molecule has 1 N–H and O–H groups in total. The molecule has 0 bridgehead atoms. The SMILES string of the molecule is Cc1ccc(S(=O)(=O)N(CC(=O)Nc2c(F)cccc2F)c2ccc(Cl)cc2C)cc1. The Bertz CT molecular complexity index is 1210.